The molecule has 5 heteroatoms. The monoisotopic (exact) mass is 349 g/mol. The highest BCUT2D eigenvalue weighted by Gasteiger charge is 2.40. The van der Waals surface area contributed by atoms with Gasteiger partial charge in [0, 0.05) is 25.2 Å². The summed E-state index contributed by atoms with van der Waals surface area (Å²) in [4.78, 5) is 23.8. The molecule has 0 saturated carbocycles. The van der Waals surface area contributed by atoms with E-state index in [1.54, 1.807) is 13.8 Å². The molecular weight excluding hydrogens is 318 g/mol. The summed E-state index contributed by atoms with van der Waals surface area (Å²) in [5.74, 6) is -0.287. The fraction of sp³-hybridized carbons (Fsp3) is 0.650. The quantitative estimate of drug-likeness (QED) is 0.402. The smallest absolute Gasteiger partial charge is 0.316 e. The number of aryl methyl sites for hydroxylation is 1. The van der Waals surface area contributed by atoms with Crippen molar-refractivity contribution in [2.24, 2.45) is 0 Å². The number of nitrogens with zero attached hydrogens (tertiary/aromatic N) is 1. The van der Waals surface area contributed by atoms with Crippen molar-refractivity contribution in [3.63, 3.8) is 0 Å². The molecule has 1 aromatic rings. The lowest BCUT2D eigenvalue weighted by molar-refractivity contribution is -0.561. The summed E-state index contributed by atoms with van der Waals surface area (Å²) in [6, 6.07) is 7.82. The minimum absolute atomic E-state index is 0.259. The highest BCUT2D eigenvalue weighted by atomic mass is 16.6. The van der Waals surface area contributed by atoms with Gasteiger partial charge in [0.15, 0.2) is 0 Å². The molecule has 0 aliphatic rings. The number of rotatable bonds is 7. The number of carbonyl (C=O) groups excluding carboxylic acids is 1. The topological polar surface area (TPSA) is 69.4 Å². The summed E-state index contributed by atoms with van der Waals surface area (Å²) >= 11 is 0. The molecule has 1 aromatic carbocycles. The van der Waals surface area contributed by atoms with Crippen molar-refractivity contribution >= 4 is 5.97 Å². The molecule has 25 heavy (non-hydrogen) atoms. The lowest BCUT2D eigenvalue weighted by Crippen LogP contribution is -2.40. The van der Waals surface area contributed by atoms with E-state index in [-0.39, 0.29) is 10.9 Å². The molecule has 0 aliphatic heterocycles. The van der Waals surface area contributed by atoms with Gasteiger partial charge in [0.25, 0.3) is 0 Å². The summed E-state index contributed by atoms with van der Waals surface area (Å²) < 4.78 is 5.65. The van der Waals surface area contributed by atoms with Gasteiger partial charge in [0.05, 0.1) is 5.41 Å². The maximum Gasteiger partial charge on any atom is 0.316 e. The Morgan fingerprint density at radius 3 is 2.20 bits per heavy atom. The molecule has 1 unspecified atom stereocenters. The van der Waals surface area contributed by atoms with E-state index in [2.05, 4.69) is 0 Å². The van der Waals surface area contributed by atoms with E-state index in [0.29, 0.717) is 19.3 Å². The Hall–Kier alpha value is -1.91. The van der Waals surface area contributed by atoms with Crippen LogP contribution in [0.1, 0.15) is 71.9 Å². The predicted molar refractivity (Wildman–Crippen MR) is 99.3 cm³/mol. The molecule has 0 radical (unpaired) electrons. The van der Waals surface area contributed by atoms with Gasteiger partial charge in [-0.1, -0.05) is 29.8 Å². The number of carbonyl (C=O) groups is 1. The third-order valence-electron chi connectivity index (χ3n) is 4.46. The first-order valence-corrected chi connectivity index (χ1v) is 8.73. The number of hydrogen-bond acceptors (Lipinski definition) is 4. The summed E-state index contributed by atoms with van der Waals surface area (Å²) in [7, 11) is 0. The minimum atomic E-state index is -0.999. The highest BCUT2D eigenvalue weighted by molar-refractivity contribution is 5.83. The molecule has 1 rings (SSSR count). The van der Waals surface area contributed by atoms with Crippen molar-refractivity contribution in [1.29, 1.82) is 0 Å². The zero-order chi connectivity index (χ0) is 19.5. The molecule has 0 fully saturated rings. The van der Waals surface area contributed by atoms with E-state index >= 15 is 0 Å². The Balaban J connectivity index is 3.07. The fourth-order valence-electron chi connectivity index (χ4n) is 2.71. The number of esters is 1. The maximum atomic E-state index is 12.9. The van der Waals surface area contributed by atoms with Crippen LogP contribution in [0.3, 0.4) is 0 Å². The second kappa shape index (κ2) is 7.54. The van der Waals surface area contributed by atoms with Crippen LogP contribution < -0.4 is 0 Å². The molecule has 0 spiro atoms. The van der Waals surface area contributed by atoms with Crippen molar-refractivity contribution in [3.05, 3.63) is 45.5 Å². The molecule has 0 saturated heterocycles. The second-order valence-electron chi connectivity index (χ2n) is 8.63. The predicted octanol–water partition coefficient (Wildman–Crippen LogP) is 4.82. The first-order chi connectivity index (χ1) is 11.3. The molecule has 0 amide bonds. The zero-order valence-electron chi connectivity index (χ0n) is 16.5. The maximum absolute atomic E-state index is 12.9. The van der Waals surface area contributed by atoms with Crippen LogP contribution in [0.15, 0.2) is 24.3 Å². The van der Waals surface area contributed by atoms with E-state index in [1.165, 1.54) is 0 Å². The van der Waals surface area contributed by atoms with Crippen molar-refractivity contribution < 1.29 is 14.5 Å². The Bertz CT molecular complexity index is 631. The van der Waals surface area contributed by atoms with Crippen LogP contribution in [0.5, 0.6) is 0 Å². The Morgan fingerprint density at radius 2 is 1.72 bits per heavy atom. The number of benzene rings is 1. The molecule has 0 aliphatic carbocycles. The third kappa shape index (κ3) is 5.83. The zero-order valence-corrected chi connectivity index (χ0v) is 16.5. The molecule has 5 nitrogen and oxygen atoms in total. The van der Waals surface area contributed by atoms with Gasteiger partial charge in [-0.3, -0.25) is 14.9 Å². The third-order valence-corrected chi connectivity index (χ3v) is 4.46. The van der Waals surface area contributed by atoms with Crippen LogP contribution in [0.25, 0.3) is 0 Å². The van der Waals surface area contributed by atoms with Gasteiger partial charge < -0.3 is 4.74 Å². The van der Waals surface area contributed by atoms with Gasteiger partial charge >= 0.3 is 5.97 Å². The Kier molecular flexibility index (Phi) is 6.38. The highest BCUT2D eigenvalue weighted by Crippen LogP contribution is 2.34. The van der Waals surface area contributed by atoms with Crippen LogP contribution in [0, 0.1) is 17.0 Å². The normalized spacial score (nSPS) is 14.7. The lowest BCUT2D eigenvalue weighted by atomic mass is 9.76. The van der Waals surface area contributed by atoms with E-state index < -0.39 is 16.6 Å². The van der Waals surface area contributed by atoms with E-state index in [1.807, 2.05) is 58.9 Å². The fourth-order valence-corrected chi connectivity index (χ4v) is 2.71. The lowest BCUT2D eigenvalue weighted by Gasteiger charge is -2.32. The van der Waals surface area contributed by atoms with Gasteiger partial charge in [-0.15, -0.1) is 0 Å². The summed E-state index contributed by atoms with van der Waals surface area (Å²) in [5.41, 5.74) is -0.450. The Labute approximate surface area is 150 Å². The standard InChI is InChI=1S/C20H31NO4/c1-15-10-8-11-16(14-15)20(7,17(22)25-18(2,3)4)13-9-12-19(5,6)21(23)24/h8,10-11,14H,9,12-13H2,1-7H3. The van der Waals surface area contributed by atoms with E-state index in [4.69, 9.17) is 4.74 Å². The summed E-state index contributed by atoms with van der Waals surface area (Å²) in [5, 5.41) is 11.1. The van der Waals surface area contributed by atoms with Crippen molar-refractivity contribution in [2.75, 3.05) is 0 Å². The van der Waals surface area contributed by atoms with Crippen LogP contribution in [0.4, 0.5) is 0 Å². The number of hydrogen-bond donors (Lipinski definition) is 0. The first kappa shape index (κ1) is 21.1. The molecule has 0 bridgehead atoms. The number of nitro groups is 1. The summed E-state index contributed by atoms with van der Waals surface area (Å²) in [6.45, 7) is 12.6. The van der Waals surface area contributed by atoms with Gasteiger partial charge in [-0.25, -0.2) is 0 Å². The average molecular weight is 349 g/mol. The SMILES string of the molecule is Cc1cccc(C(C)(CCCC(C)(C)[N+](=O)[O-])C(=O)OC(C)(C)C)c1. The minimum Gasteiger partial charge on any atom is -0.459 e. The van der Waals surface area contributed by atoms with Crippen molar-refractivity contribution in [2.45, 2.75) is 84.3 Å². The van der Waals surface area contributed by atoms with Crippen molar-refractivity contribution in [1.82, 2.24) is 0 Å². The largest absolute Gasteiger partial charge is 0.459 e. The van der Waals surface area contributed by atoms with Crippen LogP contribution in [-0.4, -0.2) is 22.0 Å². The summed E-state index contributed by atoms with van der Waals surface area (Å²) in [6.07, 6.45) is 1.48. The molecule has 1 atom stereocenters. The van der Waals surface area contributed by atoms with Crippen LogP contribution in [-0.2, 0) is 14.9 Å². The molecule has 0 aromatic heterocycles. The molecule has 140 valence electrons. The average Bonchev–Trinajstić information content (AvgIpc) is 2.44. The van der Waals surface area contributed by atoms with Gasteiger partial charge in [-0.05, 0) is 53.0 Å². The van der Waals surface area contributed by atoms with Crippen molar-refractivity contribution in [3.8, 4) is 0 Å². The molecular formula is C20H31NO4. The number of ether oxygens (including phenoxy) is 1. The first-order valence-electron chi connectivity index (χ1n) is 8.73. The molecule has 0 N–H and O–H groups in total. The molecule has 0 heterocycles. The van der Waals surface area contributed by atoms with Crippen LogP contribution >= 0.6 is 0 Å². The van der Waals surface area contributed by atoms with E-state index in [0.717, 1.165) is 11.1 Å². The Morgan fingerprint density at radius 1 is 1.12 bits per heavy atom. The van der Waals surface area contributed by atoms with E-state index in [9.17, 15) is 14.9 Å². The second-order valence-corrected chi connectivity index (χ2v) is 8.63. The van der Waals surface area contributed by atoms with Gasteiger partial charge in [0.1, 0.15) is 5.60 Å². The van der Waals surface area contributed by atoms with Crippen LogP contribution in [0.2, 0.25) is 0 Å². The van der Waals surface area contributed by atoms with Gasteiger partial charge in [0.2, 0.25) is 5.54 Å². The van der Waals surface area contributed by atoms with Gasteiger partial charge in [-0.2, -0.15) is 0 Å².